The molecule has 3 rings (SSSR count). The van der Waals surface area contributed by atoms with Crippen LogP contribution in [0.3, 0.4) is 0 Å². The lowest BCUT2D eigenvalue weighted by Crippen LogP contribution is -2.37. The van der Waals surface area contributed by atoms with Crippen LogP contribution < -0.4 is 4.90 Å². The number of benzene rings is 2. The van der Waals surface area contributed by atoms with Crippen molar-refractivity contribution in [1.29, 1.82) is 0 Å². The van der Waals surface area contributed by atoms with E-state index in [0.29, 0.717) is 35.8 Å². The lowest BCUT2D eigenvalue weighted by molar-refractivity contribution is 0.0984. The smallest absolute Gasteiger partial charge is 0.264 e. The lowest BCUT2D eigenvalue weighted by atomic mass is 10.0. The van der Waals surface area contributed by atoms with E-state index in [1.165, 1.54) is 12.1 Å². The summed E-state index contributed by atoms with van der Waals surface area (Å²) >= 11 is 0. The van der Waals surface area contributed by atoms with Gasteiger partial charge in [0.2, 0.25) is 0 Å². The van der Waals surface area contributed by atoms with Crippen LogP contribution in [-0.4, -0.2) is 43.1 Å². The predicted molar refractivity (Wildman–Crippen MR) is 103 cm³/mol. The van der Waals surface area contributed by atoms with Gasteiger partial charge < -0.3 is 14.3 Å². The van der Waals surface area contributed by atoms with Gasteiger partial charge in [-0.3, -0.25) is 4.79 Å². The fraction of sp³-hybridized carbons (Fsp3) is 0.238. The highest BCUT2D eigenvalue weighted by atomic mass is 19.1. The molecule has 3 aromatic rings. The first-order valence-corrected chi connectivity index (χ1v) is 8.71. The third-order valence-corrected chi connectivity index (χ3v) is 4.28. The number of nitrogens with zero attached hydrogens (tertiary/aromatic N) is 3. The molecule has 0 aliphatic heterocycles. The van der Waals surface area contributed by atoms with Crippen molar-refractivity contribution < 1.29 is 13.7 Å². The maximum atomic E-state index is 13.4. The summed E-state index contributed by atoms with van der Waals surface area (Å²) in [5, 5.41) is 4.10. The zero-order chi connectivity index (χ0) is 19.4. The van der Waals surface area contributed by atoms with Gasteiger partial charge in [-0.25, -0.2) is 4.39 Å². The summed E-state index contributed by atoms with van der Waals surface area (Å²) in [5.74, 6) is -0.109. The minimum atomic E-state index is -0.343. The lowest BCUT2D eigenvalue weighted by Gasteiger charge is -2.24. The summed E-state index contributed by atoms with van der Waals surface area (Å²) in [6.45, 7) is 2.84. The summed E-state index contributed by atoms with van der Waals surface area (Å²) in [6, 6.07) is 15.4. The van der Waals surface area contributed by atoms with Gasteiger partial charge in [-0.2, -0.15) is 0 Å². The van der Waals surface area contributed by atoms with E-state index in [4.69, 9.17) is 4.52 Å². The van der Waals surface area contributed by atoms with Crippen LogP contribution in [0, 0.1) is 12.7 Å². The van der Waals surface area contributed by atoms with E-state index >= 15 is 0 Å². The van der Waals surface area contributed by atoms with Crippen molar-refractivity contribution in [3.63, 3.8) is 0 Å². The Labute approximate surface area is 158 Å². The Morgan fingerprint density at radius 1 is 1.04 bits per heavy atom. The highest BCUT2D eigenvalue weighted by Crippen LogP contribution is 2.28. The molecule has 0 fully saturated rings. The number of rotatable bonds is 6. The molecular weight excluding hydrogens is 345 g/mol. The maximum absolute atomic E-state index is 13.4. The second-order valence-corrected chi connectivity index (χ2v) is 6.56. The second-order valence-electron chi connectivity index (χ2n) is 6.56. The molecule has 140 valence electrons. The third kappa shape index (κ3) is 4.23. The van der Waals surface area contributed by atoms with E-state index in [0.717, 1.165) is 5.56 Å². The van der Waals surface area contributed by atoms with Crippen molar-refractivity contribution in [3.8, 4) is 11.3 Å². The minimum absolute atomic E-state index is 0.221. The summed E-state index contributed by atoms with van der Waals surface area (Å²) < 4.78 is 18.7. The van der Waals surface area contributed by atoms with Crippen LogP contribution in [0.25, 0.3) is 11.3 Å². The molecular formula is C21H22FN3O2. The van der Waals surface area contributed by atoms with Gasteiger partial charge in [0.05, 0.1) is 0 Å². The van der Waals surface area contributed by atoms with Crippen LogP contribution in [-0.2, 0) is 0 Å². The molecule has 0 saturated carbocycles. The van der Waals surface area contributed by atoms with Crippen molar-refractivity contribution in [2.45, 2.75) is 6.92 Å². The van der Waals surface area contributed by atoms with Gasteiger partial charge in [-0.1, -0.05) is 35.5 Å². The molecule has 1 aromatic heterocycles. The summed E-state index contributed by atoms with van der Waals surface area (Å²) in [5.41, 5.74) is 2.37. The van der Waals surface area contributed by atoms with Crippen LogP contribution in [0.2, 0.25) is 0 Å². The molecule has 5 nitrogen and oxygen atoms in total. The molecule has 0 aliphatic rings. The highest BCUT2D eigenvalue weighted by molar-refractivity contribution is 6.10. The number of amides is 1. The average Bonchev–Trinajstić information content (AvgIpc) is 3.05. The SMILES string of the molecule is Cc1onc(-c2ccccc2)c1C(=O)N(CCN(C)C)c1ccc(F)cc1. The van der Waals surface area contributed by atoms with E-state index in [1.54, 1.807) is 24.0 Å². The van der Waals surface area contributed by atoms with Crippen LogP contribution in [0.4, 0.5) is 10.1 Å². The fourth-order valence-electron chi connectivity index (χ4n) is 2.82. The number of carbonyl (C=O) groups excluding carboxylic acids is 1. The predicted octanol–water partition coefficient (Wildman–Crippen LogP) is 4.00. The van der Waals surface area contributed by atoms with Crippen molar-refractivity contribution in [2.24, 2.45) is 0 Å². The Hall–Kier alpha value is -2.99. The number of aryl methyl sites for hydroxylation is 1. The maximum Gasteiger partial charge on any atom is 0.264 e. The monoisotopic (exact) mass is 367 g/mol. The number of halogens is 1. The third-order valence-electron chi connectivity index (χ3n) is 4.28. The van der Waals surface area contributed by atoms with Crippen LogP contribution >= 0.6 is 0 Å². The summed E-state index contributed by atoms with van der Waals surface area (Å²) in [6.07, 6.45) is 0. The molecule has 0 bridgehead atoms. The average molecular weight is 367 g/mol. The normalized spacial score (nSPS) is 11.0. The summed E-state index contributed by atoms with van der Waals surface area (Å²) in [7, 11) is 3.88. The summed E-state index contributed by atoms with van der Waals surface area (Å²) in [4.78, 5) is 17.1. The first kappa shape index (κ1) is 18.8. The number of anilines is 1. The quantitative estimate of drug-likeness (QED) is 0.661. The zero-order valence-electron chi connectivity index (χ0n) is 15.6. The number of hydrogen-bond donors (Lipinski definition) is 0. The zero-order valence-corrected chi connectivity index (χ0v) is 15.6. The van der Waals surface area contributed by atoms with Crippen molar-refractivity contribution >= 4 is 11.6 Å². The Kier molecular flexibility index (Phi) is 5.66. The van der Waals surface area contributed by atoms with E-state index in [-0.39, 0.29) is 11.7 Å². The topological polar surface area (TPSA) is 49.6 Å². The van der Waals surface area contributed by atoms with Crippen LogP contribution in [0.1, 0.15) is 16.1 Å². The molecule has 0 saturated heterocycles. The van der Waals surface area contributed by atoms with E-state index in [2.05, 4.69) is 5.16 Å². The second kappa shape index (κ2) is 8.14. The minimum Gasteiger partial charge on any atom is -0.360 e. The molecule has 0 spiro atoms. The highest BCUT2D eigenvalue weighted by Gasteiger charge is 2.27. The first-order valence-electron chi connectivity index (χ1n) is 8.71. The standard InChI is InChI=1S/C21H22FN3O2/c1-15-19(20(23-27-15)16-7-5-4-6-8-16)21(26)25(14-13-24(2)3)18-11-9-17(22)10-12-18/h4-12H,13-14H2,1-3H3. The van der Waals surface area contributed by atoms with Crippen molar-refractivity contribution in [1.82, 2.24) is 10.1 Å². The Morgan fingerprint density at radius 3 is 2.33 bits per heavy atom. The van der Waals surface area contributed by atoms with Crippen LogP contribution in [0.15, 0.2) is 59.1 Å². The molecule has 0 N–H and O–H groups in total. The van der Waals surface area contributed by atoms with Crippen LogP contribution in [0.5, 0.6) is 0 Å². The van der Waals surface area contributed by atoms with Crippen molar-refractivity contribution in [3.05, 3.63) is 71.7 Å². The van der Waals surface area contributed by atoms with Gasteiger partial charge in [0, 0.05) is 24.3 Å². The molecule has 0 radical (unpaired) electrons. The number of likely N-dealkylation sites (N-methyl/N-ethyl adjacent to an activating group) is 1. The molecule has 0 atom stereocenters. The molecule has 6 heteroatoms. The fourth-order valence-corrected chi connectivity index (χ4v) is 2.82. The van der Waals surface area contributed by atoms with Gasteiger partial charge in [0.25, 0.3) is 5.91 Å². The molecule has 0 aliphatic carbocycles. The van der Waals surface area contributed by atoms with E-state index in [9.17, 15) is 9.18 Å². The first-order chi connectivity index (χ1) is 13.0. The molecule has 2 aromatic carbocycles. The Balaban J connectivity index is 2.02. The van der Waals surface area contributed by atoms with Gasteiger partial charge in [0.15, 0.2) is 0 Å². The van der Waals surface area contributed by atoms with Crippen molar-refractivity contribution in [2.75, 3.05) is 32.1 Å². The number of carbonyl (C=O) groups is 1. The van der Waals surface area contributed by atoms with Gasteiger partial charge in [0.1, 0.15) is 22.8 Å². The van der Waals surface area contributed by atoms with Gasteiger partial charge >= 0.3 is 0 Å². The Morgan fingerprint density at radius 2 is 1.70 bits per heavy atom. The number of aromatic nitrogens is 1. The molecule has 0 unspecified atom stereocenters. The molecule has 1 amide bonds. The van der Waals surface area contributed by atoms with E-state index in [1.807, 2.05) is 49.3 Å². The largest absolute Gasteiger partial charge is 0.360 e. The molecule has 1 heterocycles. The van der Waals surface area contributed by atoms with Gasteiger partial charge in [-0.15, -0.1) is 0 Å². The molecule has 27 heavy (non-hydrogen) atoms. The van der Waals surface area contributed by atoms with E-state index < -0.39 is 0 Å². The Bertz CT molecular complexity index is 905. The van der Waals surface area contributed by atoms with Gasteiger partial charge in [-0.05, 0) is 45.3 Å². The number of hydrogen-bond acceptors (Lipinski definition) is 4.